The predicted molar refractivity (Wildman–Crippen MR) is 58.0 cm³/mol. The van der Waals surface area contributed by atoms with Gasteiger partial charge in [-0.3, -0.25) is 10.1 Å². The Morgan fingerprint density at radius 3 is 2.94 bits per heavy atom. The van der Waals surface area contributed by atoms with E-state index in [-0.39, 0.29) is 11.9 Å². The number of H-pyrrole nitrogens is 1. The summed E-state index contributed by atoms with van der Waals surface area (Å²) in [5.41, 5.74) is 1.83. The Bertz CT molecular complexity index is 424. The van der Waals surface area contributed by atoms with Crippen molar-refractivity contribution in [2.24, 2.45) is 0 Å². The van der Waals surface area contributed by atoms with Crippen molar-refractivity contribution in [2.75, 3.05) is 0 Å². The van der Waals surface area contributed by atoms with Crippen LogP contribution in [0, 0.1) is 5.82 Å². The van der Waals surface area contributed by atoms with Gasteiger partial charge in [0.15, 0.2) is 0 Å². The molecule has 1 atom stereocenters. The summed E-state index contributed by atoms with van der Waals surface area (Å²) >= 11 is 0. The molecule has 4 nitrogen and oxygen atoms in total. The maximum Gasteiger partial charge on any atom is 0.141 e. The maximum atomic E-state index is 12.7. The van der Waals surface area contributed by atoms with Gasteiger partial charge in [0, 0.05) is 24.5 Å². The molecule has 0 saturated carbocycles. The summed E-state index contributed by atoms with van der Waals surface area (Å²) in [6.07, 6.45) is 2.93. The van der Waals surface area contributed by atoms with Crippen LogP contribution >= 0.6 is 0 Å². The van der Waals surface area contributed by atoms with E-state index in [9.17, 15) is 4.39 Å². The number of halogens is 1. The van der Waals surface area contributed by atoms with Crippen LogP contribution in [0.15, 0.2) is 30.6 Å². The van der Waals surface area contributed by atoms with E-state index in [1.54, 1.807) is 12.3 Å². The molecule has 2 aromatic heterocycles. The fourth-order valence-electron chi connectivity index (χ4n) is 1.39. The summed E-state index contributed by atoms with van der Waals surface area (Å²) in [7, 11) is 0. The van der Waals surface area contributed by atoms with E-state index in [0.717, 1.165) is 11.4 Å². The summed E-state index contributed by atoms with van der Waals surface area (Å²) in [5.74, 6) is -0.315. The number of nitrogens with zero attached hydrogens (tertiary/aromatic N) is 2. The van der Waals surface area contributed by atoms with Crippen LogP contribution in [0.2, 0.25) is 0 Å². The van der Waals surface area contributed by atoms with Crippen molar-refractivity contribution in [2.45, 2.75) is 19.5 Å². The van der Waals surface area contributed by atoms with Gasteiger partial charge in [0.05, 0.1) is 11.9 Å². The molecule has 2 aromatic rings. The number of pyridine rings is 1. The summed E-state index contributed by atoms with van der Waals surface area (Å²) in [4.78, 5) is 4.01. The molecule has 0 bridgehead atoms. The Kier molecular flexibility index (Phi) is 3.26. The first-order valence-corrected chi connectivity index (χ1v) is 5.09. The van der Waals surface area contributed by atoms with Crippen molar-refractivity contribution in [3.63, 3.8) is 0 Å². The van der Waals surface area contributed by atoms with Crippen molar-refractivity contribution in [3.05, 3.63) is 47.8 Å². The highest BCUT2D eigenvalue weighted by molar-refractivity contribution is 5.09. The fraction of sp³-hybridized carbons (Fsp3) is 0.273. The molecule has 16 heavy (non-hydrogen) atoms. The third-order valence-electron chi connectivity index (χ3n) is 2.35. The Balaban J connectivity index is 1.93. The third-order valence-corrected chi connectivity index (χ3v) is 2.35. The molecule has 2 heterocycles. The minimum absolute atomic E-state index is 0.0731. The molecule has 0 aromatic carbocycles. The zero-order valence-corrected chi connectivity index (χ0v) is 8.94. The minimum atomic E-state index is -0.315. The van der Waals surface area contributed by atoms with Crippen LogP contribution in [0.1, 0.15) is 24.4 Å². The van der Waals surface area contributed by atoms with Gasteiger partial charge >= 0.3 is 0 Å². The quantitative estimate of drug-likeness (QED) is 0.826. The lowest BCUT2D eigenvalue weighted by Crippen LogP contribution is -2.19. The van der Waals surface area contributed by atoms with E-state index in [4.69, 9.17) is 0 Å². The highest BCUT2D eigenvalue weighted by atomic mass is 19.1. The van der Waals surface area contributed by atoms with Gasteiger partial charge in [0.25, 0.3) is 0 Å². The molecular weight excluding hydrogens is 207 g/mol. The Labute approximate surface area is 92.9 Å². The Morgan fingerprint density at radius 2 is 2.31 bits per heavy atom. The van der Waals surface area contributed by atoms with Gasteiger partial charge in [-0.1, -0.05) is 0 Å². The lowest BCUT2D eigenvalue weighted by molar-refractivity contribution is 0.548. The zero-order valence-electron chi connectivity index (χ0n) is 8.94. The maximum absolute atomic E-state index is 12.7. The monoisotopic (exact) mass is 220 g/mol. The molecule has 0 amide bonds. The second-order valence-corrected chi connectivity index (χ2v) is 3.59. The van der Waals surface area contributed by atoms with E-state index in [1.807, 2.05) is 13.0 Å². The summed E-state index contributed by atoms with van der Waals surface area (Å²) in [6.45, 7) is 2.66. The van der Waals surface area contributed by atoms with Crippen molar-refractivity contribution in [1.82, 2.24) is 20.5 Å². The van der Waals surface area contributed by atoms with Gasteiger partial charge in [0.1, 0.15) is 5.82 Å². The smallest absolute Gasteiger partial charge is 0.141 e. The van der Waals surface area contributed by atoms with Gasteiger partial charge in [-0.15, -0.1) is 0 Å². The number of aromatic amines is 1. The van der Waals surface area contributed by atoms with Crippen molar-refractivity contribution in [3.8, 4) is 0 Å². The lowest BCUT2D eigenvalue weighted by Gasteiger charge is -2.12. The largest absolute Gasteiger partial charge is 0.303 e. The SMILES string of the molecule is CC(NCc1ccn[nH]1)c1ccc(F)cn1. The molecule has 2 rings (SSSR count). The highest BCUT2D eigenvalue weighted by Gasteiger charge is 2.06. The molecule has 0 spiro atoms. The molecule has 2 N–H and O–H groups in total. The number of aromatic nitrogens is 3. The predicted octanol–water partition coefficient (Wildman–Crippen LogP) is 1.79. The standard InChI is InChI=1S/C11H13FN4/c1-8(11-3-2-9(12)6-14-11)13-7-10-4-5-15-16-10/h2-6,8,13H,7H2,1H3,(H,15,16). The number of hydrogen-bond acceptors (Lipinski definition) is 3. The van der Waals surface area contributed by atoms with Gasteiger partial charge in [-0.05, 0) is 25.1 Å². The van der Waals surface area contributed by atoms with Crippen LogP contribution < -0.4 is 5.32 Å². The van der Waals surface area contributed by atoms with Crippen molar-refractivity contribution < 1.29 is 4.39 Å². The van der Waals surface area contributed by atoms with Crippen molar-refractivity contribution >= 4 is 0 Å². The first kappa shape index (κ1) is 10.8. The molecule has 84 valence electrons. The van der Waals surface area contributed by atoms with E-state index in [1.165, 1.54) is 12.3 Å². The molecule has 0 aliphatic carbocycles. The zero-order chi connectivity index (χ0) is 11.4. The Morgan fingerprint density at radius 1 is 1.44 bits per heavy atom. The van der Waals surface area contributed by atoms with Crippen LogP contribution in [0.25, 0.3) is 0 Å². The van der Waals surface area contributed by atoms with Gasteiger partial charge in [0.2, 0.25) is 0 Å². The fourth-order valence-corrected chi connectivity index (χ4v) is 1.39. The molecule has 0 aliphatic rings. The van der Waals surface area contributed by atoms with Crippen LogP contribution in [-0.4, -0.2) is 15.2 Å². The third kappa shape index (κ3) is 2.64. The molecular formula is C11H13FN4. The van der Waals surface area contributed by atoms with Gasteiger partial charge < -0.3 is 5.32 Å². The van der Waals surface area contributed by atoms with E-state index in [0.29, 0.717) is 6.54 Å². The summed E-state index contributed by atoms with van der Waals surface area (Å²) < 4.78 is 12.7. The molecule has 1 unspecified atom stereocenters. The summed E-state index contributed by atoms with van der Waals surface area (Å²) in [6, 6.07) is 5.07. The van der Waals surface area contributed by atoms with E-state index < -0.39 is 0 Å². The second-order valence-electron chi connectivity index (χ2n) is 3.59. The topological polar surface area (TPSA) is 53.6 Å². The van der Waals surface area contributed by atoms with Crippen LogP contribution in [0.3, 0.4) is 0 Å². The molecule has 0 fully saturated rings. The number of rotatable bonds is 4. The van der Waals surface area contributed by atoms with Crippen LogP contribution in [-0.2, 0) is 6.54 Å². The second kappa shape index (κ2) is 4.85. The number of hydrogen-bond donors (Lipinski definition) is 2. The molecule has 0 aliphatic heterocycles. The lowest BCUT2D eigenvalue weighted by atomic mass is 10.2. The summed E-state index contributed by atoms with van der Waals surface area (Å²) in [5, 5.41) is 9.98. The van der Waals surface area contributed by atoms with E-state index in [2.05, 4.69) is 20.5 Å². The minimum Gasteiger partial charge on any atom is -0.303 e. The normalized spacial score (nSPS) is 12.6. The van der Waals surface area contributed by atoms with Gasteiger partial charge in [-0.25, -0.2) is 4.39 Å². The first-order valence-electron chi connectivity index (χ1n) is 5.09. The average Bonchev–Trinajstić information content (AvgIpc) is 2.80. The average molecular weight is 220 g/mol. The first-order chi connectivity index (χ1) is 7.75. The van der Waals surface area contributed by atoms with Crippen molar-refractivity contribution in [1.29, 1.82) is 0 Å². The highest BCUT2D eigenvalue weighted by Crippen LogP contribution is 2.09. The molecule has 0 radical (unpaired) electrons. The van der Waals surface area contributed by atoms with E-state index >= 15 is 0 Å². The molecule has 5 heteroatoms. The van der Waals surface area contributed by atoms with Crippen LogP contribution in [0.5, 0.6) is 0 Å². The Hall–Kier alpha value is -1.75. The van der Waals surface area contributed by atoms with Gasteiger partial charge in [-0.2, -0.15) is 5.10 Å². The molecule has 0 saturated heterocycles. The number of nitrogens with one attached hydrogen (secondary N) is 2. The van der Waals surface area contributed by atoms with Crippen LogP contribution in [0.4, 0.5) is 4.39 Å².